The number of nitrogens with zero attached hydrogens (tertiary/aromatic N) is 2. The Morgan fingerprint density at radius 3 is 2.70 bits per heavy atom. The zero-order chi connectivity index (χ0) is 14.5. The van der Waals surface area contributed by atoms with Gasteiger partial charge in [-0.25, -0.2) is 9.78 Å². The molecule has 0 radical (unpaired) electrons. The number of fused-ring (bicyclic) bond motifs is 1. The number of aromatic carboxylic acids is 1. The van der Waals surface area contributed by atoms with Crippen LogP contribution in [0.15, 0.2) is 18.2 Å². The molecule has 4 nitrogen and oxygen atoms in total. The topological polar surface area (TPSA) is 55.1 Å². The van der Waals surface area contributed by atoms with E-state index in [9.17, 15) is 9.90 Å². The van der Waals surface area contributed by atoms with Crippen molar-refractivity contribution < 1.29 is 9.90 Å². The lowest BCUT2D eigenvalue weighted by Crippen LogP contribution is -2.18. The van der Waals surface area contributed by atoms with Crippen molar-refractivity contribution in [2.45, 2.75) is 40.2 Å². The number of carboxylic acid groups (broad SMARTS) is 1. The fraction of sp³-hybridized carbons (Fsp3) is 0.500. The lowest BCUT2D eigenvalue weighted by molar-refractivity contribution is 0.0699. The van der Waals surface area contributed by atoms with Crippen LogP contribution < -0.4 is 0 Å². The standard InChI is InChI=1S/C16H20N2O2/c1-10(2)16(7-8-16)9-18-11(3)17-14-12(15(19)20)5-4-6-13(14)18/h4-6,10H,7-9H2,1-3H3,(H,19,20). The van der Waals surface area contributed by atoms with Crippen LogP contribution in [0.1, 0.15) is 42.9 Å². The van der Waals surface area contributed by atoms with E-state index in [1.165, 1.54) is 12.8 Å². The van der Waals surface area contributed by atoms with E-state index >= 15 is 0 Å². The fourth-order valence-electron chi connectivity index (χ4n) is 3.03. The SMILES string of the molecule is Cc1nc2c(C(=O)O)cccc2n1CC1(C(C)C)CC1. The average molecular weight is 272 g/mol. The number of carbonyl (C=O) groups is 1. The molecule has 106 valence electrons. The summed E-state index contributed by atoms with van der Waals surface area (Å²) < 4.78 is 2.19. The average Bonchev–Trinajstić information content (AvgIpc) is 3.10. The summed E-state index contributed by atoms with van der Waals surface area (Å²) in [5.41, 5.74) is 2.21. The molecule has 4 heteroatoms. The van der Waals surface area contributed by atoms with Crippen LogP contribution in [-0.4, -0.2) is 20.6 Å². The van der Waals surface area contributed by atoms with E-state index in [2.05, 4.69) is 23.4 Å². The third-order valence-electron chi connectivity index (χ3n) is 4.79. The Labute approximate surface area is 118 Å². The van der Waals surface area contributed by atoms with Crippen molar-refractivity contribution in [1.82, 2.24) is 9.55 Å². The Morgan fingerprint density at radius 2 is 2.15 bits per heavy atom. The largest absolute Gasteiger partial charge is 0.478 e. The predicted molar refractivity (Wildman–Crippen MR) is 77.9 cm³/mol. The first-order chi connectivity index (χ1) is 9.44. The molecule has 0 unspecified atom stereocenters. The number of carboxylic acids is 1. The molecule has 0 bridgehead atoms. The Hall–Kier alpha value is -1.84. The summed E-state index contributed by atoms with van der Waals surface area (Å²) in [6.07, 6.45) is 2.50. The third-order valence-corrected chi connectivity index (χ3v) is 4.79. The highest BCUT2D eigenvalue weighted by Gasteiger charge is 2.45. The smallest absolute Gasteiger partial charge is 0.337 e. The van der Waals surface area contributed by atoms with E-state index in [0.29, 0.717) is 22.4 Å². The lowest BCUT2D eigenvalue weighted by atomic mass is 9.92. The van der Waals surface area contributed by atoms with Gasteiger partial charge in [0.1, 0.15) is 11.3 Å². The fourth-order valence-corrected chi connectivity index (χ4v) is 3.03. The lowest BCUT2D eigenvalue weighted by Gasteiger charge is -2.21. The van der Waals surface area contributed by atoms with E-state index in [-0.39, 0.29) is 0 Å². The maximum absolute atomic E-state index is 11.3. The van der Waals surface area contributed by atoms with E-state index in [1.807, 2.05) is 13.0 Å². The molecule has 20 heavy (non-hydrogen) atoms. The minimum absolute atomic E-state index is 0.291. The number of aryl methyl sites for hydroxylation is 1. The Kier molecular flexibility index (Phi) is 2.85. The van der Waals surface area contributed by atoms with Crippen molar-refractivity contribution in [2.75, 3.05) is 0 Å². The van der Waals surface area contributed by atoms with Crippen molar-refractivity contribution in [2.24, 2.45) is 11.3 Å². The number of rotatable bonds is 4. The molecule has 0 saturated heterocycles. The Balaban J connectivity index is 2.10. The number of hydrogen-bond acceptors (Lipinski definition) is 2. The summed E-state index contributed by atoms with van der Waals surface area (Å²) in [7, 11) is 0. The van der Waals surface area contributed by atoms with E-state index in [1.54, 1.807) is 12.1 Å². The highest BCUT2D eigenvalue weighted by molar-refractivity contribution is 6.01. The molecule has 0 amide bonds. The zero-order valence-electron chi connectivity index (χ0n) is 12.2. The predicted octanol–water partition coefficient (Wildman–Crippen LogP) is 3.48. The summed E-state index contributed by atoms with van der Waals surface area (Å²) in [6, 6.07) is 5.40. The van der Waals surface area contributed by atoms with Gasteiger partial charge in [-0.2, -0.15) is 0 Å². The quantitative estimate of drug-likeness (QED) is 0.927. The number of benzene rings is 1. The third kappa shape index (κ3) is 1.90. The minimum atomic E-state index is -0.912. The molecule has 1 fully saturated rings. The van der Waals surface area contributed by atoms with Gasteiger partial charge in [0.15, 0.2) is 0 Å². The first kappa shape index (κ1) is 13.2. The van der Waals surface area contributed by atoms with E-state index in [0.717, 1.165) is 17.9 Å². The molecule has 1 N–H and O–H groups in total. The summed E-state index contributed by atoms with van der Waals surface area (Å²) in [5.74, 6) is 0.632. The van der Waals surface area contributed by atoms with E-state index < -0.39 is 5.97 Å². The van der Waals surface area contributed by atoms with Gasteiger partial charge in [-0.3, -0.25) is 0 Å². The van der Waals surface area contributed by atoms with Crippen molar-refractivity contribution in [3.8, 4) is 0 Å². The molecule has 1 aromatic carbocycles. The monoisotopic (exact) mass is 272 g/mol. The van der Waals surface area contributed by atoms with Crippen molar-refractivity contribution >= 4 is 17.0 Å². The molecule has 1 aliphatic rings. The molecular weight excluding hydrogens is 252 g/mol. The van der Waals surface area contributed by atoms with Crippen LogP contribution in [0.2, 0.25) is 0 Å². The van der Waals surface area contributed by atoms with Crippen LogP contribution >= 0.6 is 0 Å². The molecule has 0 spiro atoms. The second-order valence-corrected chi connectivity index (χ2v) is 6.24. The number of imidazole rings is 1. The van der Waals surface area contributed by atoms with Crippen LogP contribution in [0.4, 0.5) is 0 Å². The highest BCUT2D eigenvalue weighted by atomic mass is 16.4. The molecule has 1 saturated carbocycles. The van der Waals surface area contributed by atoms with Gasteiger partial charge in [0.25, 0.3) is 0 Å². The van der Waals surface area contributed by atoms with Crippen molar-refractivity contribution in [3.63, 3.8) is 0 Å². The van der Waals surface area contributed by atoms with Gasteiger partial charge < -0.3 is 9.67 Å². The van der Waals surface area contributed by atoms with Gasteiger partial charge >= 0.3 is 5.97 Å². The molecular formula is C16H20N2O2. The normalized spacial score (nSPS) is 16.8. The second-order valence-electron chi connectivity index (χ2n) is 6.24. The summed E-state index contributed by atoms with van der Waals surface area (Å²) in [5, 5.41) is 9.27. The van der Waals surface area contributed by atoms with Gasteiger partial charge in [-0.05, 0) is 43.2 Å². The van der Waals surface area contributed by atoms with Crippen molar-refractivity contribution in [3.05, 3.63) is 29.6 Å². The van der Waals surface area contributed by atoms with Crippen LogP contribution in [-0.2, 0) is 6.54 Å². The summed E-state index contributed by atoms with van der Waals surface area (Å²) in [4.78, 5) is 15.8. The van der Waals surface area contributed by atoms with Crippen LogP contribution in [0.25, 0.3) is 11.0 Å². The van der Waals surface area contributed by atoms with Crippen LogP contribution in [0, 0.1) is 18.3 Å². The zero-order valence-corrected chi connectivity index (χ0v) is 12.2. The highest BCUT2D eigenvalue weighted by Crippen LogP contribution is 2.53. The molecule has 3 rings (SSSR count). The Morgan fingerprint density at radius 1 is 1.45 bits per heavy atom. The van der Waals surface area contributed by atoms with Gasteiger partial charge in [0.2, 0.25) is 0 Å². The molecule has 0 atom stereocenters. The molecule has 1 heterocycles. The van der Waals surface area contributed by atoms with Crippen LogP contribution in [0.5, 0.6) is 0 Å². The number of aromatic nitrogens is 2. The first-order valence-corrected chi connectivity index (χ1v) is 7.14. The molecule has 2 aromatic rings. The van der Waals surface area contributed by atoms with Gasteiger partial charge in [-0.1, -0.05) is 19.9 Å². The molecule has 1 aliphatic carbocycles. The first-order valence-electron chi connectivity index (χ1n) is 7.14. The maximum Gasteiger partial charge on any atom is 0.337 e. The van der Waals surface area contributed by atoms with Crippen molar-refractivity contribution in [1.29, 1.82) is 0 Å². The Bertz CT molecular complexity index is 681. The second kappa shape index (κ2) is 4.33. The molecule has 0 aliphatic heterocycles. The number of para-hydroxylation sites is 1. The maximum atomic E-state index is 11.3. The van der Waals surface area contributed by atoms with E-state index in [4.69, 9.17) is 0 Å². The van der Waals surface area contributed by atoms with Gasteiger partial charge in [-0.15, -0.1) is 0 Å². The number of hydrogen-bond donors (Lipinski definition) is 1. The minimum Gasteiger partial charge on any atom is -0.478 e. The van der Waals surface area contributed by atoms with Gasteiger partial charge in [0, 0.05) is 6.54 Å². The van der Waals surface area contributed by atoms with Gasteiger partial charge in [0.05, 0.1) is 11.1 Å². The summed E-state index contributed by atoms with van der Waals surface area (Å²) in [6.45, 7) is 7.44. The van der Waals surface area contributed by atoms with Crippen LogP contribution in [0.3, 0.4) is 0 Å². The summed E-state index contributed by atoms with van der Waals surface area (Å²) >= 11 is 0. The molecule has 1 aromatic heterocycles.